The van der Waals surface area contributed by atoms with E-state index in [1.54, 1.807) is 0 Å². The molecule has 0 aliphatic heterocycles. The first-order valence-electron chi connectivity index (χ1n) is 7.64. The topological polar surface area (TPSA) is 29.9 Å². The highest BCUT2D eigenvalue weighted by Crippen LogP contribution is 2.39. The van der Waals surface area contributed by atoms with Crippen molar-refractivity contribution >= 4 is 0 Å². The standard InChI is InChI=1S/C17H23N3/c1-3-9-18-12-15-11-13(2)4-7-17(15)20-10-8-16(19-20)14-5-6-14/h4,7-8,10-11,14,18H,3,5-6,9,12H2,1-2H3. The number of nitrogens with one attached hydrogen (secondary N) is 1. The van der Waals surface area contributed by atoms with Gasteiger partial charge in [0.15, 0.2) is 0 Å². The first-order chi connectivity index (χ1) is 9.78. The van der Waals surface area contributed by atoms with Gasteiger partial charge in [0.1, 0.15) is 0 Å². The molecule has 3 rings (SSSR count). The molecule has 0 saturated heterocycles. The molecule has 1 aliphatic carbocycles. The van der Waals surface area contributed by atoms with Crippen LogP contribution in [0.15, 0.2) is 30.5 Å². The molecule has 1 aromatic carbocycles. The van der Waals surface area contributed by atoms with E-state index in [1.165, 1.54) is 35.3 Å². The van der Waals surface area contributed by atoms with E-state index in [9.17, 15) is 0 Å². The van der Waals surface area contributed by atoms with Crippen LogP contribution in [0.1, 0.15) is 48.9 Å². The Labute approximate surface area is 121 Å². The minimum atomic E-state index is 0.711. The lowest BCUT2D eigenvalue weighted by molar-refractivity contribution is 0.669. The Morgan fingerprint density at radius 3 is 2.90 bits per heavy atom. The molecule has 1 aliphatic rings. The maximum atomic E-state index is 4.75. The van der Waals surface area contributed by atoms with Crippen molar-refractivity contribution in [3.63, 3.8) is 0 Å². The number of aryl methyl sites for hydroxylation is 1. The maximum absolute atomic E-state index is 4.75. The Balaban J connectivity index is 1.85. The summed E-state index contributed by atoms with van der Waals surface area (Å²) in [5.74, 6) is 0.711. The minimum Gasteiger partial charge on any atom is -0.313 e. The number of nitrogens with zero attached hydrogens (tertiary/aromatic N) is 2. The van der Waals surface area contributed by atoms with Gasteiger partial charge in [0.25, 0.3) is 0 Å². The van der Waals surface area contributed by atoms with E-state index in [1.807, 2.05) is 4.68 Å². The van der Waals surface area contributed by atoms with Gasteiger partial charge in [-0.2, -0.15) is 5.10 Å². The molecule has 106 valence electrons. The second-order valence-corrected chi connectivity index (χ2v) is 5.77. The molecule has 1 fully saturated rings. The van der Waals surface area contributed by atoms with Gasteiger partial charge in [0, 0.05) is 18.7 Å². The van der Waals surface area contributed by atoms with Crippen molar-refractivity contribution in [2.45, 2.75) is 45.6 Å². The number of benzene rings is 1. The van der Waals surface area contributed by atoms with Crippen molar-refractivity contribution < 1.29 is 0 Å². The molecule has 1 aromatic heterocycles. The van der Waals surface area contributed by atoms with E-state index in [2.05, 4.69) is 49.6 Å². The van der Waals surface area contributed by atoms with Gasteiger partial charge in [0.05, 0.1) is 11.4 Å². The van der Waals surface area contributed by atoms with Gasteiger partial charge >= 0.3 is 0 Å². The Morgan fingerprint density at radius 2 is 2.15 bits per heavy atom. The molecule has 0 amide bonds. The molecule has 0 bridgehead atoms. The van der Waals surface area contributed by atoms with Crippen molar-refractivity contribution in [3.8, 4) is 5.69 Å². The van der Waals surface area contributed by atoms with Crippen molar-refractivity contribution in [1.82, 2.24) is 15.1 Å². The molecule has 0 unspecified atom stereocenters. The van der Waals surface area contributed by atoms with E-state index in [0.717, 1.165) is 19.5 Å². The predicted octanol–water partition coefficient (Wildman–Crippen LogP) is 3.56. The smallest absolute Gasteiger partial charge is 0.0690 e. The first kappa shape index (κ1) is 13.4. The van der Waals surface area contributed by atoms with Crippen molar-refractivity contribution in [3.05, 3.63) is 47.3 Å². The lowest BCUT2D eigenvalue weighted by Crippen LogP contribution is -2.16. The lowest BCUT2D eigenvalue weighted by Gasteiger charge is -2.11. The van der Waals surface area contributed by atoms with Crippen molar-refractivity contribution in [2.75, 3.05) is 6.54 Å². The minimum absolute atomic E-state index is 0.711. The highest BCUT2D eigenvalue weighted by molar-refractivity contribution is 5.43. The molecular formula is C17H23N3. The molecule has 1 heterocycles. The average Bonchev–Trinajstić information content (AvgIpc) is 3.18. The van der Waals surface area contributed by atoms with Crippen LogP contribution in [0, 0.1) is 6.92 Å². The van der Waals surface area contributed by atoms with Gasteiger partial charge in [0.2, 0.25) is 0 Å². The molecule has 1 N–H and O–H groups in total. The summed E-state index contributed by atoms with van der Waals surface area (Å²) < 4.78 is 2.04. The quantitative estimate of drug-likeness (QED) is 0.813. The van der Waals surface area contributed by atoms with Crippen molar-refractivity contribution in [1.29, 1.82) is 0 Å². The van der Waals surface area contributed by atoms with Crippen LogP contribution in [0.3, 0.4) is 0 Å². The van der Waals surface area contributed by atoms with Crippen LogP contribution in [0.4, 0.5) is 0 Å². The van der Waals surface area contributed by atoms with Crippen molar-refractivity contribution in [2.24, 2.45) is 0 Å². The monoisotopic (exact) mass is 269 g/mol. The Kier molecular flexibility index (Phi) is 3.88. The number of aromatic nitrogens is 2. The van der Waals surface area contributed by atoms with Gasteiger partial charge in [-0.15, -0.1) is 0 Å². The summed E-state index contributed by atoms with van der Waals surface area (Å²) in [6.45, 7) is 6.30. The highest BCUT2D eigenvalue weighted by atomic mass is 15.3. The van der Waals surface area contributed by atoms with E-state index >= 15 is 0 Å². The SMILES string of the molecule is CCCNCc1cc(C)ccc1-n1ccc(C2CC2)n1. The zero-order valence-corrected chi connectivity index (χ0v) is 12.4. The third-order valence-electron chi connectivity index (χ3n) is 3.83. The van der Waals surface area contributed by atoms with Gasteiger partial charge in [-0.25, -0.2) is 4.68 Å². The van der Waals surface area contributed by atoms with Crippen LogP contribution < -0.4 is 5.32 Å². The summed E-state index contributed by atoms with van der Waals surface area (Å²) in [4.78, 5) is 0. The second kappa shape index (κ2) is 5.80. The largest absolute Gasteiger partial charge is 0.313 e. The van der Waals surface area contributed by atoms with Crippen LogP contribution in [-0.4, -0.2) is 16.3 Å². The van der Waals surface area contributed by atoms with E-state index < -0.39 is 0 Å². The van der Waals surface area contributed by atoms with E-state index in [-0.39, 0.29) is 0 Å². The summed E-state index contributed by atoms with van der Waals surface area (Å²) in [5, 5.41) is 8.24. The molecule has 3 heteroatoms. The Bertz CT molecular complexity index is 582. The molecule has 0 radical (unpaired) electrons. The zero-order valence-electron chi connectivity index (χ0n) is 12.4. The fourth-order valence-electron chi connectivity index (χ4n) is 2.55. The molecule has 20 heavy (non-hydrogen) atoms. The summed E-state index contributed by atoms with van der Waals surface area (Å²) in [6, 6.07) is 8.77. The fraction of sp³-hybridized carbons (Fsp3) is 0.471. The lowest BCUT2D eigenvalue weighted by atomic mass is 10.1. The van der Waals surface area contributed by atoms with Crippen LogP contribution in [0.25, 0.3) is 5.69 Å². The summed E-state index contributed by atoms with van der Waals surface area (Å²) in [7, 11) is 0. The molecule has 3 nitrogen and oxygen atoms in total. The zero-order chi connectivity index (χ0) is 13.9. The van der Waals surface area contributed by atoms with Gasteiger partial charge in [-0.1, -0.05) is 24.6 Å². The van der Waals surface area contributed by atoms with Crippen LogP contribution >= 0.6 is 0 Å². The number of hydrogen-bond donors (Lipinski definition) is 1. The third kappa shape index (κ3) is 2.93. The molecule has 2 aromatic rings. The fourth-order valence-corrected chi connectivity index (χ4v) is 2.55. The van der Waals surface area contributed by atoms with Crippen LogP contribution in [0.2, 0.25) is 0 Å². The van der Waals surface area contributed by atoms with Gasteiger partial charge in [-0.05, 0) is 50.4 Å². The van der Waals surface area contributed by atoms with Crippen LogP contribution in [-0.2, 0) is 6.54 Å². The summed E-state index contributed by atoms with van der Waals surface area (Å²) >= 11 is 0. The van der Waals surface area contributed by atoms with E-state index in [0.29, 0.717) is 5.92 Å². The number of rotatable bonds is 6. The molecule has 1 saturated carbocycles. The van der Waals surface area contributed by atoms with Gasteiger partial charge in [-0.3, -0.25) is 0 Å². The van der Waals surface area contributed by atoms with E-state index in [4.69, 9.17) is 5.10 Å². The molecule has 0 atom stereocenters. The third-order valence-corrected chi connectivity index (χ3v) is 3.83. The molecule has 0 spiro atoms. The average molecular weight is 269 g/mol. The number of hydrogen-bond acceptors (Lipinski definition) is 2. The summed E-state index contributed by atoms with van der Waals surface area (Å²) in [6.07, 6.45) is 5.86. The van der Waals surface area contributed by atoms with Crippen LogP contribution in [0.5, 0.6) is 0 Å². The maximum Gasteiger partial charge on any atom is 0.0690 e. The Hall–Kier alpha value is -1.61. The molecular weight excluding hydrogens is 246 g/mol. The normalized spacial score (nSPS) is 14.7. The first-order valence-corrected chi connectivity index (χ1v) is 7.64. The second-order valence-electron chi connectivity index (χ2n) is 5.77. The Morgan fingerprint density at radius 1 is 1.30 bits per heavy atom. The predicted molar refractivity (Wildman–Crippen MR) is 82.3 cm³/mol. The highest BCUT2D eigenvalue weighted by Gasteiger charge is 2.26. The summed E-state index contributed by atoms with van der Waals surface area (Å²) in [5.41, 5.74) is 5.07. The van der Waals surface area contributed by atoms with Gasteiger partial charge < -0.3 is 5.32 Å².